The van der Waals surface area contributed by atoms with Crippen molar-refractivity contribution in [2.75, 3.05) is 0 Å². The van der Waals surface area contributed by atoms with Crippen LogP contribution in [-0.4, -0.2) is 39.9 Å². The van der Waals surface area contributed by atoms with Gasteiger partial charge in [0.15, 0.2) is 34.9 Å². The lowest BCUT2D eigenvalue weighted by atomic mass is 9.93. The van der Waals surface area contributed by atoms with Gasteiger partial charge < -0.3 is 0 Å². The monoisotopic (exact) mass is 1280 g/mol. The molecule has 8 nitrogen and oxygen atoms in total. The molecule has 4 aromatic heterocycles. The minimum Gasteiger partial charge on any atom is -0.256 e. The minimum absolute atomic E-state index is 0.631. The summed E-state index contributed by atoms with van der Waals surface area (Å²) in [6.07, 6.45) is 3.73. The summed E-state index contributed by atoms with van der Waals surface area (Å²) in [5.41, 5.74) is 21.4. The number of rotatable bonds is 12. The van der Waals surface area contributed by atoms with Crippen LogP contribution >= 0.6 is 0 Å². The summed E-state index contributed by atoms with van der Waals surface area (Å²) < 4.78 is 0. The van der Waals surface area contributed by atoms with E-state index in [-0.39, 0.29) is 0 Å². The summed E-state index contributed by atoms with van der Waals surface area (Å²) in [5, 5.41) is 6.96. The predicted octanol–water partition coefficient (Wildman–Crippen LogP) is 23.2. The van der Waals surface area contributed by atoms with E-state index in [1.807, 2.05) is 97.3 Å². The van der Waals surface area contributed by atoms with Crippen molar-refractivity contribution in [1.82, 2.24) is 39.9 Å². The zero-order valence-electron chi connectivity index (χ0n) is 54.2. The molecule has 8 heteroatoms. The van der Waals surface area contributed by atoms with Gasteiger partial charge in [0, 0.05) is 67.3 Å². The largest absolute Gasteiger partial charge is 0.256 e. The van der Waals surface area contributed by atoms with Gasteiger partial charge in [0.25, 0.3) is 0 Å². The minimum atomic E-state index is 0.631. The molecule has 100 heavy (non-hydrogen) atoms. The molecule has 0 aliphatic carbocycles. The maximum absolute atomic E-state index is 5.04. The lowest BCUT2D eigenvalue weighted by Gasteiger charge is -2.12. The van der Waals surface area contributed by atoms with Crippen LogP contribution in [0.3, 0.4) is 0 Å². The standard InChI is InChI=1S/2C46H30N4/c1-3-11-31(12-4-1)32-22-24-35(25-23-32)45-48-44(34-13-5-2-6-14-34)49-46(50-45)39-18-8-16-37(30-39)36-15-7-17-38(29-36)40-20-9-21-42-41(40)27-26-33-19-10-28-47-43(33)42;1-3-12-31(13-4-1)32-23-25-34(26-24-32)45-48-44(33-14-5-2-6-15-33)49-46(50-45)39-19-10-17-36(29-39)35-16-9-18-37(28-35)42-30-38-20-11-27-47-43(38)41-22-8-7-21-40(41)42/h2*1-30H. The summed E-state index contributed by atoms with van der Waals surface area (Å²) in [7, 11) is 0. The van der Waals surface area contributed by atoms with Gasteiger partial charge in [-0.25, -0.2) is 29.9 Å². The third-order valence-electron chi connectivity index (χ3n) is 18.3. The first-order chi connectivity index (χ1) is 49.5. The van der Waals surface area contributed by atoms with Gasteiger partial charge in [0.1, 0.15) is 0 Å². The Kier molecular flexibility index (Phi) is 16.2. The number of pyridine rings is 2. The summed E-state index contributed by atoms with van der Waals surface area (Å²) in [4.78, 5) is 39.4. The van der Waals surface area contributed by atoms with Crippen molar-refractivity contribution < 1.29 is 0 Å². The molecule has 0 unspecified atom stereocenters. The summed E-state index contributed by atoms with van der Waals surface area (Å²) in [5.74, 6) is 3.82. The highest BCUT2D eigenvalue weighted by atomic mass is 15.0. The number of fused-ring (bicyclic) bond motifs is 6. The topological polar surface area (TPSA) is 103 Å². The van der Waals surface area contributed by atoms with Crippen LogP contribution in [0.4, 0.5) is 0 Å². The molecular weight excluding hydrogens is 1220 g/mol. The van der Waals surface area contributed by atoms with Crippen molar-refractivity contribution >= 4 is 43.4 Å². The van der Waals surface area contributed by atoms with Crippen LogP contribution in [0.1, 0.15) is 0 Å². The zero-order valence-corrected chi connectivity index (χ0v) is 54.2. The Bertz CT molecular complexity index is 5980. The van der Waals surface area contributed by atoms with E-state index < -0.39 is 0 Å². The Labute approximate surface area is 579 Å². The van der Waals surface area contributed by atoms with E-state index in [2.05, 4.69) is 267 Å². The average Bonchev–Trinajstić information content (AvgIpc) is 0.772. The Balaban J connectivity index is 0.000000150. The summed E-state index contributed by atoms with van der Waals surface area (Å²) in [6.45, 7) is 0. The Hall–Kier alpha value is -13.6. The van der Waals surface area contributed by atoms with Gasteiger partial charge in [0.05, 0.1) is 11.0 Å². The number of nitrogens with zero attached hydrogens (tertiary/aromatic N) is 8. The molecule has 0 spiro atoms. The van der Waals surface area contributed by atoms with E-state index in [0.717, 1.165) is 110 Å². The fourth-order valence-electron chi connectivity index (χ4n) is 13.3. The Morgan fingerprint density at radius 1 is 0.150 bits per heavy atom. The van der Waals surface area contributed by atoms with Crippen LogP contribution in [0.5, 0.6) is 0 Å². The Morgan fingerprint density at radius 3 is 0.900 bits per heavy atom. The molecule has 0 atom stereocenters. The second-order valence-corrected chi connectivity index (χ2v) is 24.6. The molecular formula is C92H60N8. The van der Waals surface area contributed by atoms with Crippen LogP contribution in [0.25, 0.3) is 178 Å². The van der Waals surface area contributed by atoms with Crippen molar-refractivity contribution in [1.29, 1.82) is 0 Å². The molecule has 0 amide bonds. The van der Waals surface area contributed by atoms with E-state index >= 15 is 0 Å². The van der Waals surface area contributed by atoms with E-state index in [9.17, 15) is 0 Å². The van der Waals surface area contributed by atoms with E-state index in [0.29, 0.717) is 34.9 Å². The Morgan fingerprint density at radius 2 is 0.440 bits per heavy atom. The molecule has 14 aromatic carbocycles. The molecule has 0 aliphatic rings. The molecule has 0 radical (unpaired) electrons. The first-order valence-corrected chi connectivity index (χ1v) is 33.4. The maximum Gasteiger partial charge on any atom is 0.164 e. The van der Waals surface area contributed by atoms with Crippen LogP contribution in [0, 0.1) is 0 Å². The molecule has 468 valence electrons. The van der Waals surface area contributed by atoms with Crippen molar-refractivity contribution in [2.24, 2.45) is 0 Å². The third-order valence-corrected chi connectivity index (χ3v) is 18.3. The normalized spacial score (nSPS) is 11.2. The van der Waals surface area contributed by atoms with E-state index in [1.165, 1.54) is 33.0 Å². The summed E-state index contributed by atoms with van der Waals surface area (Å²) in [6, 6.07) is 122. The van der Waals surface area contributed by atoms with Crippen LogP contribution < -0.4 is 0 Å². The van der Waals surface area contributed by atoms with E-state index in [1.54, 1.807) is 0 Å². The predicted molar refractivity (Wildman–Crippen MR) is 411 cm³/mol. The van der Waals surface area contributed by atoms with Crippen molar-refractivity contribution in [3.8, 4) is 135 Å². The molecule has 18 aromatic rings. The molecule has 0 N–H and O–H groups in total. The summed E-state index contributed by atoms with van der Waals surface area (Å²) >= 11 is 0. The van der Waals surface area contributed by atoms with Gasteiger partial charge in [-0.05, 0) is 120 Å². The van der Waals surface area contributed by atoms with Crippen LogP contribution in [-0.2, 0) is 0 Å². The van der Waals surface area contributed by atoms with Gasteiger partial charge in [0.2, 0.25) is 0 Å². The quantitative estimate of drug-likeness (QED) is 0.111. The van der Waals surface area contributed by atoms with Gasteiger partial charge in [-0.3, -0.25) is 9.97 Å². The zero-order chi connectivity index (χ0) is 66.6. The highest BCUT2D eigenvalue weighted by Gasteiger charge is 2.18. The van der Waals surface area contributed by atoms with Gasteiger partial charge in [-0.2, -0.15) is 0 Å². The fourth-order valence-corrected chi connectivity index (χ4v) is 13.3. The highest BCUT2D eigenvalue weighted by Crippen LogP contribution is 2.39. The lowest BCUT2D eigenvalue weighted by molar-refractivity contribution is 1.07. The third kappa shape index (κ3) is 12.3. The molecule has 18 rings (SSSR count). The smallest absolute Gasteiger partial charge is 0.164 e. The van der Waals surface area contributed by atoms with Crippen molar-refractivity contribution in [2.45, 2.75) is 0 Å². The average molecular weight is 1280 g/mol. The van der Waals surface area contributed by atoms with E-state index in [4.69, 9.17) is 39.9 Å². The number of aromatic nitrogens is 8. The van der Waals surface area contributed by atoms with Gasteiger partial charge >= 0.3 is 0 Å². The first kappa shape index (κ1) is 60.1. The van der Waals surface area contributed by atoms with Gasteiger partial charge in [-0.15, -0.1) is 0 Å². The molecule has 0 aliphatic heterocycles. The number of hydrogen-bond acceptors (Lipinski definition) is 8. The molecule has 0 bridgehead atoms. The maximum atomic E-state index is 5.04. The number of benzene rings is 14. The molecule has 0 saturated carbocycles. The lowest BCUT2D eigenvalue weighted by Crippen LogP contribution is -2.00. The molecule has 0 fully saturated rings. The number of hydrogen-bond donors (Lipinski definition) is 0. The second-order valence-electron chi connectivity index (χ2n) is 24.6. The van der Waals surface area contributed by atoms with Crippen molar-refractivity contribution in [3.05, 3.63) is 364 Å². The second kappa shape index (κ2) is 26.9. The SMILES string of the molecule is c1ccc(-c2ccc(-c3nc(-c4ccccc4)nc(-c4cccc(-c5cccc(-c6cc7cccnc7c7ccccc67)c5)c4)n3)cc2)cc1.c1ccc(-c2ccc(-c3nc(-c4ccccc4)nc(-c4cccc(-c5cccc(-c6cccc7c6ccc6cccnc67)c5)c4)n3)cc2)cc1. The van der Waals surface area contributed by atoms with Crippen LogP contribution in [0.2, 0.25) is 0 Å². The van der Waals surface area contributed by atoms with Crippen LogP contribution in [0.15, 0.2) is 364 Å². The fraction of sp³-hybridized carbons (Fsp3) is 0. The molecule has 4 heterocycles. The molecule has 0 saturated heterocycles. The highest BCUT2D eigenvalue weighted by molar-refractivity contribution is 6.13. The first-order valence-electron chi connectivity index (χ1n) is 33.4. The van der Waals surface area contributed by atoms with Crippen molar-refractivity contribution in [3.63, 3.8) is 0 Å². The van der Waals surface area contributed by atoms with Gasteiger partial charge in [-0.1, -0.05) is 309 Å².